The summed E-state index contributed by atoms with van der Waals surface area (Å²) in [6, 6.07) is 17.0. The lowest BCUT2D eigenvalue weighted by Crippen LogP contribution is -2.39. The Morgan fingerprint density at radius 2 is 1.79 bits per heavy atom. The first-order valence-electron chi connectivity index (χ1n) is 12.8. The molecule has 0 fully saturated rings. The first-order valence-corrected chi connectivity index (χ1v) is 13.7. The van der Waals surface area contributed by atoms with Crippen molar-refractivity contribution in [3.8, 4) is 11.1 Å². The Morgan fingerprint density at radius 3 is 2.54 bits per heavy atom. The van der Waals surface area contributed by atoms with Gasteiger partial charge in [0.1, 0.15) is 5.82 Å². The molecule has 0 aliphatic rings. The van der Waals surface area contributed by atoms with E-state index in [1.165, 1.54) is 15.6 Å². The molecule has 9 heteroatoms. The fourth-order valence-corrected chi connectivity index (χ4v) is 5.28. The lowest BCUT2D eigenvalue weighted by Gasteiger charge is -2.18. The Morgan fingerprint density at radius 1 is 1.00 bits per heavy atom. The van der Waals surface area contributed by atoms with E-state index in [-0.39, 0.29) is 25.3 Å². The van der Waals surface area contributed by atoms with Crippen LogP contribution in [0.4, 0.5) is 5.82 Å². The van der Waals surface area contributed by atoms with Crippen molar-refractivity contribution in [2.24, 2.45) is 0 Å². The summed E-state index contributed by atoms with van der Waals surface area (Å²) in [5.41, 5.74) is 5.13. The number of pyridine rings is 1. The number of hydrogen-bond donors (Lipinski definition) is 4. The number of amides is 2. The number of fused-ring (bicyclic) bond motifs is 1. The molecule has 202 valence electrons. The smallest absolute Gasteiger partial charge is 0.305 e. The molecule has 0 spiro atoms. The second-order valence-electron chi connectivity index (χ2n) is 9.46. The Labute approximate surface area is 231 Å². The average molecular weight is 545 g/mol. The first kappa shape index (κ1) is 27.8. The number of benzene rings is 2. The number of carbonyl (C=O) groups excluding carboxylic acids is 2. The predicted molar refractivity (Wildman–Crippen MR) is 155 cm³/mol. The van der Waals surface area contributed by atoms with Gasteiger partial charge in [0.25, 0.3) is 0 Å². The number of aryl methyl sites for hydroxylation is 2. The Balaban J connectivity index is 1.30. The molecule has 4 aromatic rings. The van der Waals surface area contributed by atoms with Gasteiger partial charge >= 0.3 is 5.97 Å². The summed E-state index contributed by atoms with van der Waals surface area (Å²) >= 11 is 1.71. The third-order valence-electron chi connectivity index (χ3n) is 6.40. The van der Waals surface area contributed by atoms with Gasteiger partial charge in [-0.25, -0.2) is 4.98 Å². The van der Waals surface area contributed by atoms with E-state index in [1.807, 2.05) is 43.3 Å². The highest BCUT2D eigenvalue weighted by atomic mass is 32.1. The van der Waals surface area contributed by atoms with Gasteiger partial charge in [-0.3, -0.25) is 14.4 Å². The highest BCUT2D eigenvalue weighted by molar-refractivity contribution is 7.17. The first-order chi connectivity index (χ1) is 18.8. The van der Waals surface area contributed by atoms with E-state index in [0.717, 1.165) is 22.5 Å². The van der Waals surface area contributed by atoms with E-state index < -0.39 is 17.9 Å². The van der Waals surface area contributed by atoms with Gasteiger partial charge in [0.15, 0.2) is 0 Å². The van der Waals surface area contributed by atoms with Crippen molar-refractivity contribution in [2.45, 2.75) is 39.2 Å². The molecular formula is C30H32N4O4S. The van der Waals surface area contributed by atoms with Crippen molar-refractivity contribution in [3.05, 3.63) is 82.9 Å². The molecule has 0 saturated carbocycles. The summed E-state index contributed by atoms with van der Waals surface area (Å²) in [7, 11) is 0. The molecule has 2 aromatic heterocycles. The molecule has 4 rings (SSSR count). The van der Waals surface area contributed by atoms with E-state index in [0.29, 0.717) is 18.5 Å². The van der Waals surface area contributed by atoms with Crippen LogP contribution in [-0.2, 0) is 14.4 Å². The van der Waals surface area contributed by atoms with Gasteiger partial charge in [0.2, 0.25) is 11.8 Å². The van der Waals surface area contributed by atoms with Crippen molar-refractivity contribution < 1.29 is 19.5 Å². The van der Waals surface area contributed by atoms with Gasteiger partial charge in [-0.1, -0.05) is 36.4 Å². The lowest BCUT2D eigenvalue weighted by atomic mass is 9.96. The zero-order chi connectivity index (χ0) is 27.8. The zero-order valence-electron chi connectivity index (χ0n) is 22.0. The largest absolute Gasteiger partial charge is 0.481 e. The SMILES string of the molecule is Cc1ccnc(NCCCC(=O)NCC(=O)N[C@@H](CC(=O)O)c2ccc(-c3ccc(C)c4sccc34)cc2)c1. The summed E-state index contributed by atoms with van der Waals surface area (Å²) in [6.45, 7) is 4.43. The summed E-state index contributed by atoms with van der Waals surface area (Å²) in [6.07, 6.45) is 2.29. The molecule has 0 aliphatic carbocycles. The Bertz CT molecular complexity index is 1470. The van der Waals surface area contributed by atoms with Crippen molar-refractivity contribution in [1.82, 2.24) is 15.6 Å². The summed E-state index contributed by atoms with van der Waals surface area (Å²) in [4.78, 5) is 40.5. The Kier molecular flexibility index (Phi) is 9.27. The molecule has 4 N–H and O–H groups in total. The van der Waals surface area contributed by atoms with Crippen LogP contribution in [0.1, 0.15) is 42.0 Å². The highest BCUT2D eigenvalue weighted by Crippen LogP contribution is 2.34. The second kappa shape index (κ2) is 13.0. The van der Waals surface area contributed by atoms with Crippen LogP contribution >= 0.6 is 11.3 Å². The number of carboxylic acid groups (broad SMARTS) is 1. The number of rotatable bonds is 12. The van der Waals surface area contributed by atoms with Crippen molar-refractivity contribution >= 4 is 45.0 Å². The van der Waals surface area contributed by atoms with E-state index in [4.69, 9.17) is 0 Å². The van der Waals surface area contributed by atoms with E-state index in [1.54, 1.807) is 17.5 Å². The molecule has 0 unspecified atom stereocenters. The molecule has 2 amide bonds. The van der Waals surface area contributed by atoms with Crippen LogP contribution in [0.15, 0.2) is 66.2 Å². The lowest BCUT2D eigenvalue weighted by molar-refractivity contribution is -0.138. The third-order valence-corrected chi connectivity index (χ3v) is 7.45. The van der Waals surface area contributed by atoms with E-state index in [2.05, 4.69) is 51.4 Å². The highest BCUT2D eigenvalue weighted by Gasteiger charge is 2.19. The second-order valence-corrected chi connectivity index (χ2v) is 10.4. The fourth-order valence-electron chi connectivity index (χ4n) is 4.38. The standard InChI is InChI=1S/C30H32N4O4S/c1-19-11-14-32-26(16-19)31-13-3-4-27(35)33-18-28(36)34-25(17-29(37)38)22-8-6-21(7-9-22)23-10-5-20(2)30-24(23)12-15-39-30/h5-12,14-16,25H,3-4,13,17-18H2,1-2H3,(H,31,32)(H,33,35)(H,34,36)(H,37,38)/t25-/m0/s1. The minimum Gasteiger partial charge on any atom is -0.481 e. The fraction of sp³-hybridized carbons (Fsp3) is 0.267. The van der Waals surface area contributed by atoms with Gasteiger partial charge in [-0.2, -0.15) is 0 Å². The number of aromatic nitrogens is 1. The molecule has 2 heterocycles. The topological polar surface area (TPSA) is 120 Å². The number of hydrogen-bond acceptors (Lipinski definition) is 6. The summed E-state index contributed by atoms with van der Waals surface area (Å²) in [5, 5.41) is 21.2. The number of thiophene rings is 1. The quantitative estimate of drug-likeness (QED) is 0.182. The van der Waals surface area contributed by atoms with Crippen LogP contribution in [-0.4, -0.2) is 41.0 Å². The van der Waals surface area contributed by atoms with Crippen LogP contribution in [0, 0.1) is 13.8 Å². The molecule has 0 saturated heterocycles. The summed E-state index contributed by atoms with van der Waals surface area (Å²) < 4.78 is 1.24. The number of nitrogens with one attached hydrogen (secondary N) is 3. The van der Waals surface area contributed by atoms with Gasteiger partial charge < -0.3 is 21.1 Å². The van der Waals surface area contributed by atoms with Crippen LogP contribution in [0.3, 0.4) is 0 Å². The summed E-state index contributed by atoms with van der Waals surface area (Å²) in [5.74, 6) is -0.964. The number of anilines is 1. The van der Waals surface area contributed by atoms with Gasteiger partial charge in [-0.15, -0.1) is 11.3 Å². The zero-order valence-corrected chi connectivity index (χ0v) is 22.8. The van der Waals surface area contributed by atoms with Crippen LogP contribution < -0.4 is 16.0 Å². The number of aliphatic carboxylic acids is 1. The molecule has 2 aromatic carbocycles. The minimum atomic E-state index is -1.03. The van der Waals surface area contributed by atoms with Crippen LogP contribution in [0.25, 0.3) is 21.2 Å². The maximum absolute atomic E-state index is 12.6. The van der Waals surface area contributed by atoms with Crippen molar-refractivity contribution in [3.63, 3.8) is 0 Å². The maximum Gasteiger partial charge on any atom is 0.305 e. The van der Waals surface area contributed by atoms with Gasteiger partial charge in [0.05, 0.1) is 19.0 Å². The third kappa shape index (κ3) is 7.64. The molecule has 0 radical (unpaired) electrons. The molecule has 8 nitrogen and oxygen atoms in total. The molecular weight excluding hydrogens is 512 g/mol. The van der Waals surface area contributed by atoms with Crippen LogP contribution in [0.5, 0.6) is 0 Å². The van der Waals surface area contributed by atoms with Crippen molar-refractivity contribution in [2.75, 3.05) is 18.4 Å². The van der Waals surface area contributed by atoms with Gasteiger partial charge in [-0.05, 0) is 71.7 Å². The minimum absolute atomic E-state index is 0.223. The Hall–Kier alpha value is -4.24. The normalized spacial score (nSPS) is 11.6. The molecule has 39 heavy (non-hydrogen) atoms. The molecule has 0 bridgehead atoms. The molecule has 1 atom stereocenters. The van der Waals surface area contributed by atoms with E-state index >= 15 is 0 Å². The molecule has 0 aliphatic heterocycles. The monoisotopic (exact) mass is 544 g/mol. The maximum atomic E-state index is 12.6. The van der Waals surface area contributed by atoms with Gasteiger partial charge in [0, 0.05) is 29.2 Å². The number of carbonyl (C=O) groups is 3. The average Bonchev–Trinajstić information content (AvgIpc) is 3.41. The predicted octanol–water partition coefficient (Wildman–Crippen LogP) is 5.22. The number of carboxylic acids is 1. The van der Waals surface area contributed by atoms with Crippen molar-refractivity contribution in [1.29, 1.82) is 0 Å². The number of nitrogens with zero attached hydrogens (tertiary/aromatic N) is 1. The van der Waals surface area contributed by atoms with Crippen LogP contribution in [0.2, 0.25) is 0 Å². The van der Waals surface area contributed by atoms with E-state index in [9.17, 15) is 19.5 Å².